The van der Waals surface area contributed by atoms with Gasteiger partial charge in [0.25, 0.3) is 0 Å². The smallest absolute Gasteiger partial charge is 0.748 e. The molecule has 6 heteroatoms. The standard InChI is InChI=1S/C6H10O4S.K/c1-2-4-10-5-3-6-11(7,8)9;/h1H,3-6H2,(H,7,8,9);/q;+1/p-1. The molecule has 0 rings (SSSR count). The van der Waals surface area contributed by atoms with Crippen LogP contribution in [0.4, 0.5) is 0 Å². The molecule has 0 aromatic carbocycles. The van der Waals surface area contributed by atoms with Crippen molar-refractivity contribution < 1.29 is 69.1 Å². The summed E-state index contributed by atoms with van der Waals surface area (Å²) in [5.74, 6) is 1.82. The van der Waals surface area contributed by atoms with Crippen molar-refractivity contribution in [2.75, 3.05) is 19.0 Å². The summed E-state index contributed by atoms with van der Waals surface area (Å²) in [5, 5.41) is 0. The van der Waals surface area contributed by atoms with Crippen LogP contribution < -0.4 is 51.4 Å². The van der Waals surface area contributed by atoms with Crippen molar-refractivity contribution in [3.05, 3.63) is 0 Å². The molecule has 0 heterocycles. The average Bonchev–Trinajstić information content (AvgIpc) is 1.85. The maximum atomic E-state index is 10.0. The van der Waals surface area contributed by atoms with Gasteiger partial charge in [0.1, 0.15) is 6.61 Å². The Morgan fingerprint density at radius 3 is 2.50 bits per heavy atom. The van der Waals surface area contributed by atoms with Crippen LogP contribution in [0.1, 0.15) is 6.42 Å². The Labute approximate surface area is 115 Å². The van der Waals surface area contributed by atoms with Crippen molar-refractivity contribution >= 4 is 10.1 Å². The normalized spacial score (nSPS) is 10.0. The summed E-state index contributed by atoms with van der Waals surface area (Å²) in [6, 6.07) is 0. The predicted molar refractivity (Wildman–Crippen MR) is 38.8 cm³/mol. The maximum absolute atomic E-state index is 10.0. The molecule has 0 aromatic heterocycles. The van der Waals surface area contributed by atoms with E-state index in [0.717, 1.165) is 0 Å². The van der Waals surface area contributed by atoms with Crippen LogP contribution in [-0.2, 0) is 14.9 Å². The molecule has 0 saturated heterocycles. The van der Waals surface area contributed by atoms with E-state index in [2.05, 4.69) is 5.92 Å². The van der Waals surface area contributed by atoms with E-state index in [-0.39, 0.29) is 71.0 Å². The second kappa shape index (κ2) is 8.66. The molecule has 0 radical (unpaired) electrons. The van der Waals surface area contributed by atoms with Gasteiger partial charge in [-0.1, -0.05) is 5.92 Å². The Morgan fingerprint density at radius 1 is 1.50 bits per heavy atom. The van der Waals surface area contributed by atoms with Crippen molar-refractivity contribution in [3.8, 4) is 12.3 Å². The van der Waals surface area contributed by atoms with E-state index in [1.54, 1.807) is 0 Å². The van der Waals surface area contributed by atoms with E-state index in [1.165, 1.54) is 0 Å². The third-order valence-electron chi connectivity index (χ3n) is 0.868. The van der Waals surface area contributed by atoms with Crippen LogP contribution in [0.3, 0.4) is 0 Å². The predicted octanol–water partition coefficient (Wildman–Crippen LogP) is -3.42. The molecular formula is C6H9KO4S. The van der Waals surface area contributed by atoms with Gasteiger partial charge in [0.05, 0.1) is 10.1 Å². The van der Waals surface area contributed by atoms with E-state index >= 15 is 0 Å². The summed E-state index contributed by atoms with van der Waals surface area (Å²) < 4.78 is 34.8. The molecule has 0 spiro atoms. The molecule has 0 fully saturated rings. The minimum absolute atomic E-state index is 0. The molecule has 0 amide bonds. The van der Waals surface area contributed by atoms with Crippen LogP contribution in [0.2, 0.25) is 0 Å². The zero-order chi connectivity index (χ0) is 8.74. The Hall–Kier alpha value is 1.07. The summed E-state index contributed by atoms with van der Waals surface area (Å²) in [6.07, 6.45) is 5.04. The molecule has 0 atom stereocenters. The van der Waals surface area contributed by atoms with Gasteiger partial charge in [0.2, 0.25) is 0 Å². The molecule has 0 aliphatic rings. The number of hydrogen-bond donors (Lipinski definition) is 0. The van der Waals surface area contributed by atoms with Crippen LogP contribution in [0, 0.1) is 12.3 Å². The fourth-order valence-electron chi connectivity index (χ4n) is 0.469. The molecular weight excluding hydrogens is 207 g/mol. The number of hydrogen-bond acceptors (Lipinski definition) is 4. The molecule has 12 heavy (non-hydrogen) atoms. The van der Waals surface area contributed by atoms with Crippen molar-refractivity contribution in [2.24, 2.45) is 0 Å². The van der Waals surface area contributed by atoms with E-state index in [9.17, 15) is 13.0 Å². The minimum Gasteiger partial charge on any atom is -0.748 e. The van der Waals surface area contributed by atoms with Gasteiger partial charge >= 0.3 is 51.4 Å². The van der Waals surface area contributed by atoms with E-state index < -0.39 is 15.9 Å². The number of ether oxygens (including phenoxy) is 1. The number of rotatable bonds is 5. The molecule has 0 unspecified atom stereocenters. The fourth-order valence-corrected chi connectivity index (χ4v) is 0.940. The van der Waals surface area contributed by atoms with Gasteiger partial charge < -0.3 is 9.29 Å². The van der Waals surface area contributed by atoms with Crippen molar-refractivity contribution in [1.82, 2.24) is 0 Å². The molecule has 4 nitrogen and oxygen atoms in total. The first-order chi connectivity index (χ1) is 5.06. The van der Waals surface area contributed by atoms with Crippen LogP contribution in [0.15, 0.2) is 0 Å². The molecule has 0 aliphatic carbocycles. The molecule has 0 N–H and O–H groups in total. The zero-order valence-electron chi connectivity index (χ0n) is 6.95. The van der Waals surface area contributed by atoms with E-state index in [0.29, 0.717) is 0 Å². The zero-order valence-corrected chi connectivity index (χ0v) is 10.9. The first-order valence-electron chi connectivity index (χ1n) is 3.01. The van der Waals surface area contributed by atoms with Crippen molar-refractivity contribution in [2.45, 2.75) is 6.42 Å². The van der Waals surface area contributed by atoms with Crippen LogP contribution in [0.5, 0.6) is 0 Å². The third-order valence-corrected chi connectivity index (χ3v) is 1.66. The summed E-state index contributed by atoms with van der Waals surface area (Å²) in [6.45, 7) is 0.366. The van der Waals surface area contributed by atoms with Gasteiger partial charge in [-0.2, -0.15) is 0 Å². The SMILES string of the molecule is C#CCOCCCS(=O)(=O)[O-].[K+]. The van der Waals surface area contributed by atoms with Gasteiger partial charge in [-0.05, 0) is 6.42 Å². The molecule has 0 aliphatic heterocycles. The Bertz CT molecular complexity index is 228. The average molecular weight is 216 g/mol. The van der Waals surface area contributed by atoms with E-state index in [4.69, 9.17) is 11.2 Å². The summed E-state index contributed by atoms with van der Waals surface area (Å²) in [4.78, 5) is 0. The molecule has 0 bridgehead atoms. The van der Waals surface area contributed by atoms with Crippen LogP contribution >= 0.6 is 0 Å². The second-order valence-corrected chi connectivity index (χ2v) is 3.40. The van der Waals surface area contributed by atoms with Gasteiger partial charge in [-0.3, -0.25) is 0 Å². The minimum atomic E-state index is -4.09. The van der Waals surface area contributed by atoms with Gasteiger partial charge in [0.15, 0.2) is 0 Å². The maximum Gasteiger partial charge on any atom is 1.00 e. The van der Waals surface area contributed by atoms with Crippen LogP contribution in [-0.4, -0.2) is 31.9 Å². The Kier molecular flexibility index (Phi) is 11.2. The molecule has 0 saturated carbocycles. The third kappa shape index (κ3) is 13.6. The summed E-state index contributed by atoms with van der Waals surface area (Å²) in [5.41, 5.74) is 0. The molecule has 0 aromatic rings. The number of terminal acetylenes is 1. The molecule has 64 valence electrons. The van der Waals surface area contributed by atoms with Crippen molar-refractivity contribution in [1.29, 1.82) is 0 Å². The fraction of sp³-hybridized carbons (Fsp3) is 0.667. The van der Waals surface area contributed by atoms with Crippen molar-refractivity contribution in [3.63, 3.8) is 0 Å². The second-order valence-electron chi connectivity index (χ2n) is 1.87. The Morgan fingerprint density at radius 2 is 2.08 bits per heavy atom. The van der Waals surface area contributed by atoms with E-state index in [1.807, 2.05) is 0 Å². The largest absolute Gasteiger partial charge is 1.00 e. The Balaban J connectivity index is 0. The monoisotopic (exact) mass is 216 g/mol. The van der Waals surface area contributed by atoms with Crippen LogP contribution in [0.25, 0.3) is 0 Å². The summed E-state index contributed by atoms with van der Waals surface area (Å²) in [7, 11) is -4.09. The van der Waals surface area contributed by atoms with Gasteiger partial charge in [0, 0.05) is 12.4 Å². The summed E-state index contributed by atoms with van der Waals surface area (Å²) >= 11 is 0. The topological polar surface area (TPSA) is 66.4 Å². The first-order valence-corrected chi connectivity index (χ1v) is 4.59. The van der Waals surface area contributed by atoms with Gasteiger partial charge in [-0.25, -0.2) is 8.42 Å². The first kappa shape index (κ1) is 15.5. The quantitative estimate of drug-likeness (QED) is 0.208. The van der Waals surface area contributed by atoms with Gasteiger partial charge in [-0.15, -0.1) is 6.42 Å².